The van der Waals surface area contributed by atoms with Crippen molar-refractivity contribution in [3.63, 3.8) is 0 Å². The molecule has 1 amide bonds. The van der Waals surface area contributed by atoms with Crippen molar-refractivity contribution in [3.8, 4) is 5.40 Å². The molecule has 1 rings (SSSR count). The van der Waals surface area contributed by atoms with E-state index in [1.807, 2.05) is 12.3 Å². The molecular formula is C10H11N3OS. The monoisotopic (exact) mass is 221 g/mol. The van der Waals surface area contributed by atoms with Gasteiger partial charge >= 0.3 is 0 Å². The van der Waals surface area contributed by atoms with Crippen LogP contribution in [0.1, 0.15) is 17.3 Å². The Kier molecular flexibility index (Phi) is 4.01. The number of carbonyl (C=O) groups excluding carboxylic acids is 1. The Labute approximate surface area is 92.5 Å². The molecule has 1 aromatic rings. The molecular weight excluding hydrogens is 210 g/mol. The number of amides is 1. The van der Waals surface area contributed by atoms with E-state index in [-0.39, 0.29) is 5.91 Å². The number of anilines is 1. The molecule has 0 aliphatic heterocycles. The molecule has 5 heteroatoms. The summed E-state index contributed by atoms with van der Waals surface area (Å²) in [5.41, 5.74) is 6.50. The van der Waals surface area contributed by atoms with Gasteiger partial charge in [0.1, 0.15) is 5.40 Å². The molecule has 0 saturated heterocycles. The van der Waals surface area contributed by atoms with Crippen LogP contribution in [0.15, 0.2) is 23.1 Å². The molecule has 0 aliphatic carbocycles. The highest BCUT2D eigenvalue weighted by molar-refractivity contribution is 8.03. The Morgan fingerprint density at radius 1 is 1.67 bits per heavy atom. The molecule has 0 spiro atoms. The van der Waals surface area contributed by atoms with Gasteiger partial charge in [0.15, 0.2) is 0 Å². The van der Waals surface area contributed by atoms with Crippen LogP contribution in [0.2, 0.25) is 0 Å². The van der Waals surface area contributed by atoms with Crippen LogP contribution in [0.25, 0.3) is 0 Å². The number of hydrogen-bond acceptors (Lipinski definition) is 4. The SMILES string of the molecule is CCNC(=O)c1cc(SC#N)ccc1N. The standard InChI is InChI=1S/C10H11N3OS/c1-2-13-10(14)8-5-7(15-6-11)3-4-9(8)12/h3-5H,2,12H2,1H3,(H,13,14). The summed E-state index contributed by atoms with van der Waals surface area (Å²) < 4.78 is 0. The van der Waals surface area contributed by atoms with Crippen molar-refractivity contribution in [2.45, 2.75) is 11.8 Å². The second-order valence-electron chi connectivity index (χ2n) is 2.80. The van der Waals surface area contributed by atoms with Crippen LogP contribution < -0.4 is 11.1 Å². The van der Waals surface area contributed by atoms with E-state index in [4.69, 9.17) is 11.0 Å². The summed E-state index contributed by atoms with van der Waals surface area (Å²) in [5.74, 6) is -0.213. The van der Waals surface area contributed by atoms with E-state index in [0.717, 1.165) is 11.8 Å². The molecule has 4 nitrogen and oxygen atoms in total. The van der Waals surface area contributed by atoms with Crippen molar-refractivity contribution < 1.29 is 4.79 Å². The predicted molar refractivity (Wildman–Crippen MR) is 60.3 cm³/mol. The first-order valence-electron chi connectivity index (χ1n) is 4.42. The van der Waals surface area contributed by atoms with E-state index in [0.29, 0.717) is 22.7 Å². The van der Waals surface area contributed by atoms with Crippen LogP contribution in [0.5, 0.6) is 0 Å². The van der Waals surface area contributed by atoms with Gasteiger partial charge in [0.05, 0.1) is 5.56 Å². The lowest BCUT2D eigenvalue weighted by molar-refractivity contribution is 0.0956. The number of nitrogens with one attached hydrogen (secondary N) is 1. The number of thioether (sulfide) groups is 1. The van der Waals surface area contributed by atoms with Crippen LogP contribution in [0, 0.1) is 10.7 Å². The van der Waals surface area contributed by atoms with Crippen LogP contribution in [-0.2, 0) is 0 Å². The van der Waals surface area contributed by atoms with Crippen molar-refractivity contribution in [2.75, 3.05) is 12.3 Å². The summed E-state index contributed by atoms with van der Waals surface area (Å²) in [6.07, 6.45) is 0. The van der Waals surface area contributed by atoms with Crippen molar-refractivity contribution in [1.82, 2.24) is 5.32 Å². The number of nitrogens with zero attached hydrogens (tertiary/aromatic N) is 1. The molecule has 0 bridgehead atoms. The van der Waals surface area contributed by atoms with E-state index in [9.17, 15) is 4.79 Å². The number of carbonyl (C=O) groups is 1. The minimum absolute atomic E-state index is 0.213. The van der Waals surface area contributed by atoms with Gasteiger partial charge in [-0.15, -0.1) is 0 Å². The molecule has 0 fully saturated rings. The minimum Gasteiger partial charge on any atom is -0.398 e. The summed E-state index contributed by atoms with van der Waals surface area (Å²) in [7, 11) is 0. The lowest BCUT2D eigenvalue weighted by atomic mass is 10.1. The van der Waals surface area contributed by atoms with E-state index in [1.54, 1.807) is 18.2 Å². The molecule has 0 aromatic heterocycles. The maximum Gasteiger partial charge on any atom is 0.253 e. The number of rotatable bonds is 3. The van der Waals surface area contributed by atoms with Gasteiger partial charge in [0.2, 0.25) is 0 Å². The molecule has 0 saturated carbocycles. The van der Waals surface area contributed by atoms with Crippen molar-refractivity contribution >= 4 is 23.4 Å². The Balaban J connectivity index is 3.00. The normalized spacial score (nSPS) is 9.33. The average Bonchev–Trinajstić information content (AvgIpc) is 2.21. The van der Waals surface area contributed by atoms with Crippen LogP contribution >= 0.6 is 11.8 Å². The first-order valence-corrected chi connectivity index (χ1v) is 5.24. The molecule has 0 heterocycles. The highest BCUT2D eigenvalue weighted by Crippen LogP contribution is 2.21. The van der Waals surface area contributed by atoms with E-state index in [2.05, 4.69) is 5.32 Å². The zero-order valence-corrected chi connectivity index (χ0v) is 9.10. The second kappa shape index (κ2) is 5.27. The topological polar surface area (TPSA) is 78.9 Å². The summed E-state index contributed by atoms with van der Waals surface area (Å²) in [6, 6.07) is 4.96. The highest BCUT2D eigenvalue weighted by Gasteiger charge is 2.09. The largest absolute Gasteiger partial charge is 0.398 e. The number of thiocyanates is 1. The van der Waals surface area contributed by atoms with Crippen LogP contribution in [0.4, 0.5) is 5.69 Å². The maximum absolute atomic E-state index is 11.5. The molecule has 1 aromatic carbocycles. The Morgan fingerprint density at radius 2 is 2.40 bits per heavy atom. The Hall–Kier alpha value is -1.67. The Morgan fingerprint density at radius 3 is 3.00 bits per heavy atom. The first kappa shape index (κ1) is 11.4. The zero-order valence-electron chi connectivity index (χ0n) is 8.28. The quantitative estimate of drug-likeness (QED) is 0.461. The minimum atomic E-state index is -0.213. The zero-order chi connectivity index (χ0) is 11.3. The number of nitrogen functional groups attached to an aromatic ring is 1. The summed E-state index contributed by atoms with van der Waals surface area (Å²) in [5, 5.41) is 13.1. The van der Waals surface area contributed by atoms with Gasteiger partial charge in [-0.1, -0.05) is 0 Å². The molecule has 0 unspecified atom stereocenters. The van der Waals surface area contributed by atoms with Gasteiger partial charge in [-0.2, -0.15) is 5.26 Å². The van der Waals surface area contributed by atoms with Crippen LogP contribution in [-0.4, -0.2) is 12.5 Å². The second-order valence-corrected chi connectivity index (χ2v) is 3.66. The lowest BCUT2D eigenvalue weighted by Crippen LogP contribution is -2.23. The lowest BCUT2D eigenvalue weighted by Gasteiger charge is -2.06. The maximum atomic E-state index is 11.5. The smallest absolute Gasteiger partial charge is 0.253 e. The fourth-order valence-corrected chi connectivity index (χ4v) is 1.52. The van der Waals surface area contributed by atoms with Gasteiger partial charge in [-0.3, -0.25) is 4.79 Å². The third-order valence-corrected chi connectivity index (χ3v) is 2.35. The fraction of sp³-hybridized carbons (Fsp3) is 0.200. The van der Waals surface area contributed by atoms with Gasteiger partial charge in [-0.05, 0) is 36.9 Å². The predicted octanol–water partition coefficient (Wildman–Crippen LogP) is 1.59. The van der Waals surface area contributed by atoms with Gasteiger partial charge in [0.25, 0.3) is 5.91 Å². The number of hydrogen-bond donors (Lipinski definition) is 2. The number of nitriles is 1. The molecule has 0 atom stereocenters. The van der Waals surface area contributed by atoms with Gasteiger partial charge in [-0.25, -0.2) is 0 Å². The molecule has 0 radical (unpaired) electrons. The van der Waals surface area contributed by atoms with Gasteiger partial charge < -0.3 is 11.1 Å². The summed E-state index contributed by atoms with van der Waals surface area (Å²) >= 11 is 1.00. The van der Waals surface area contributed by atoms with Crippen LogP contribution in [0.3, 0.4) is 0 Å². The van der Waals surface area contributed by atoms with Crippen molar-refractivity contribution in [1.29, 1.82) is 5.26 Å². The molecule has 3 N–H and O–H groups in total. The third-order valence-electron chi connectivity index (χ3n) is 1.77. The number of nitrogens with two attached hydrogens (primary N) is 1. The molecule has 78 valence electrons. The fourth-order valence-electron chi connectivity index (χ4n) is 1.10. The van der Waals surface area contributed by atoms with Crippen molar-refractivity contribution in [3.05, 3.63) is 23.8 Å². The average molecular weight is 221 g/mol. The number of benzene rings is 1. The third kappa shape index (κ3) is 2.89. The summed E-state index contributed by atoms with van der Waals surface area (Å²) in [6.45, 7) is 2.38. The van der Waals surface area contributed by atoms with E-state index in [1.165, 1.54) is 0 Å². The molecule has 0 aliphatic rings. The first-order chi connectivity index (χ1) is 7.19. The van der Waals surface area contributed by atoms with E-state index < -0.39 is 0 Å². The molecule has 15 heavy (non-hydrogen) atoms. The van der Waals surface area contributed by atoms with E-state index >= 15 is 0 Å². The van der Waals surface area contributed by atoms with Gasteiger partial charge in [0, 0.05) is 17.1 Å². The summed E-state index contributed by atoms with van der Waals surface area (Å²) in [4.78, 5) is 12.3. The van der Waals surface area contributed by atoms with Crippen molar-refractivity contribution in [2.24, 2.45) is 0 Å². The Bertz CT molecular complexity index is 412. The highest BCUT2D eigenvalue weighted by atomic mass is 32.2.